The van der Waals surface area contributed by atoms with Gasteiger partial charge in [-0.25, -0.2) is 0 Å². The summed E-state index contributed by atoms with van der Waals surface area (Å²) in [5.41, 5.74) is 9.00. The van der Waals surface area contributed by atoms with E-state index < -0.39 is 11.4 Å². The molecule has 0 radical (unpaired) electrons. The summed E-state index contributed by atoms with van der Waals surface area (Å²) in [7, 11) is 0. The Labute approximate surface area is 112 Å². The van der Waals surface area contributed by atoms with Gasteiger partial charge in [-0.15, -0.1) is 0 Å². The van der Waals surface area contributed by atoms with Crippen LogP contribution >= 0.6 is 0 Å². The normalized spacial score (nSPS) is 11.3. The highest BCUT2D eigenvalue weighted by molar-refractivity contribution is 5.80. The van der Waals surface area contributed by atoms with Crippen molar-refractivity contribution >= 4 is 12.0 Å². The Morgan fingerprint density at radius 1 is 1.42 bits per heavy atom. The molecule has 5 nitrogen and oxygen atoms in total. The molecule has 1 aromatic carbocycles. The molecule has 1 aromatic rings. The Hall–Kier alpha value is -2.26. The average Bonchev–Trinajstić information content (AvgIpc) is 2.39. The predicted octanol–water partition coefficient (Wildman–Crippen LogP) is 3.76. The molecule has 0 saturated carbocycles. The van der Waals surface area contributed by atoms with Crippen molar-refractivity contribution in [2.24, 2.45) is 5.11 Å². The SMILES string of the molecule is CC(C)(C(=O)O)c1ccc(C=CCCN=[N+]=[N-])cc1. The van der Waals surface area contributed by atoms with E-state index in [4.69, 9.17) is 10.6 Å². The highest BCUT2D eigenvalue weighted by atomic mass is 16.4. The molecule has 0 unspecified atom stereocenters. The van der Waals surface area contributed by atoms with Crippen LogP contribution in [0, 0.1) is 0 Å². The zero-order chi connectivity index (χ0) is 14.3. The number of azide groups is 1. The van der Waals surface area contributed by atoms with Gasteiger partial charge in [-0.1, -0.05) is 41.5 Å². The number of hydrogen-bond acceptors (Lipinski definition) is 2. The number of carbonyl (C=O) groups is 1. The van der Waals surface area contributed by atoms with Gasteiger partial charge in [-0.05, 0) is 36.9 Å². The lowest BCUT2D eigenvalue weighted by atomic mass is 9.84. The summed E-state index contributed by atoms with van der Waals surface area (Å²) in [4.78, 5) is 13.8. The zero-order valence-corrected chi connectivity index (χ0v) is 11.1. The molecule has 0 bridgehead atoms. The van der Waals surface area contributed by atoms with Crippen LogP contribution in [0.15, 0.2) is 35.5 Å². The maximum absolute atomic E-state index is 11.1. The average molecular weight is 259 g/mol. The molecular weight excluding hydrogens is 242 g/mol. The summed E-state index contributed by atoms with van der Waals surface area (Å²) in [5.74, 6) is -0.842. The Kier molecular flexibility index (Phi) is 5.15. The number of benzene rings is 1. The number of carboxylic acid groups (broad SMARTS) is 1. The summed E-state index contributed by atoms with van der Waals surface area (Å²) in [6, 6.07) is 7.40. The second-order valence-corrected chi connectivity index (χ2v) is 4.70. The van der Waals surface area contributed by atoms with Crippen LogP contribution in [-0.2, 0) is 10.2 Å². The van der Waals surface area contributed by atoms with E-state index in [1.165, 1.54) is 0 Å². The van der Waals surface area contributed by atoms with E-state index in [1.807, 2.05) is 36.4 Å². The summed E-state index contributed by atoms with van der Waals surface area (Å²) in [5, 5.41) is 12.6. The molecule has 0 heterocycles. The van der Waals surface area contributed by atoms with Crippen LogP contribution < -0.4 is 0 Å². The van der Waals surface area contributed by atoms with E-state index in [1.54, 1.807) is 13.8 Å². The van der Waals surface area contributed by atoms with E-state index in [0.29, 0.717) is 13.0 Å². The van der Waals surface area contributed by atoms with Crippen LogP contribution in [0.1, 0.15) is 31.4 Å². The van der Waals surface area contributed by atoms with E-state index in [0.717, 1.165) is 11.1 Å². The number of hydrogen-bond donors (Lipinski definition) is 1. The second kappa shape index (κ2) is 6.61. The van der Waals surface area contributed by atoms with Gasteiger partial charge in [-0.2, -0.15) is 0 Å². The number of aliphatic carboxylic acids is 1. The van der Waals surface area contributed by atoms with Gasteiger partial charge in [0.25, 0.3) is 0 Å². The van der Waals surface area contributed by atoms with E-state index in [2.05, 4.69) is 10.0 Å². The van der Waals surface area contributed by atoms with Crippen LogP contribution in [0.3, 0.4) is 0 Å². The van der Waals surface area contributed by atoms with Crippen LogP contribution in [0.5, 0.6) is 0 Å². The van der Waals surface area contributed by atoms with Crippen LogP contribution in [-0.4, -0.2) is 17.6 Å². The van der Waals surface area contributed by atoms with Gasteiger partial charge in [0, 0.05) is 11.5 Å². The summed E-state index contributed by atoms with van der Waals surface area (Å²) >= 11 is 0. The predicted molar refractivity (Wildman–Crippen MR) is 74.8 cm³/mol. The molecular formula is C14H17N3O2. The van der Waals surface area contributed by atoms with Crippen molar-refractivity contribution in [1.29, 1.82) is 0 Å². The van der Waals surface area contributed by atoms with Crippen molar-refractivity contribution in [2.45, 2.75) is 25.7 Å². The molecule has 0 fully saturated rings. The standard InChI is InChI=1S/C14H17N3O2/c1-14(2,13(18)19)12-8-6-11(7-9-12)5-3-4-10-16-17-15/h3,5-9H,4,10H2,1-2H3,(H,18,19). The molecule has 0 saturated heterocycles. The third-order valence-corrected chi connectivity index (χ3v) is 2.94. The Balaban J connectivity index is 2.71. The van der Waals surface area contributed by atoms with E-state index in [-0.39, 0.29) is 0 Å². The third-order valence-electron chi connectivity index (χ3n) is 2.94. The second-order valence-electron chi connectivity index (χ2n) is 4.70. The minimum Gasteiger partial charge on any atom is -0.481 e. The monoisotopic (exact) mass is 259 g/mol. The lowest BCUT2D eigenvalue weighted by molar-refractivity contribution is -0.142. The first-order valence-corrected chi connectivity index (χ1v) is 6.00. The highest BCUT2D eigenvalue weighted by Gasteiger charge is 2.28. The fraction of sp³-hybridized carbons (Fsp3) is 0.357. The smallest absolute Gasteiger partial charge is 0.313 e. The fourth-order valence-corrected chi connectivity index (χ4v) is 1.53. The van der Waals surface area contributed by atoms with Crippen molar-refractivity contribution in [3.8, 4) is 0 Å². The summed E-state index contributed by atoms with van der Waals surface area (Å²) in [6.07, 6.45) is 4.53. The van der Waals surface area contributed by atoms with Crippen molar-refractivity contribution in [1.82, 2.24) is 0 Å². The Morgan fingerprint density at radius 3 is 2.58 bits per heavy atom. The quantitative estimate of drug-likeness (QED) is 0.365. The molecule has 5 heteroatoms. The maximum atomic E-state index is 11.1. The molecule has 1 rings (SSSR count). The molecule has 0 aliphatic carbocycles. The molecule has 100 valence electrons. The first-order chi connectivity index (χ1) is 8.98. The number of carboxylic acids is 1. The highest BCUT2D eigenvalue weighted by Crippen LogP contribution is 2.23. The largest absolute Gasteiger partial charge is 0.481 e. The molecule has 1 N–H and O–H groups in total. The van der Waals surface area contributed by atoms with E-state index in [9.17, 15) is 4.79 Å². The van der Waals surface area contributed by atoms with Crippen molar-refractivity contribution in [3.05, 3.63) is 51.9 Å². The molecule has 0 aliphatic heterocycles. The van der Waals surface area contributed by atoms with Crippen LogP contribution in [0.4, 0.5) is 0 Å². The lowest BCUT2D eigenvalue weighted by Crippen LogP contribution is -2.28. The van der Waals surface area contributed by atoms with Crippen molar-refractivity contribution < 1.29 is 9.90 Å². The zero-order valence-electron chi connectivity index (χ0n) is 11.1. The Bertz CT molecular complexity index is 512. The van der Waals surface area contributed by atoms with Gasteiger partial charge in [0.15, 0.2) is 0 Å². The minimum absolute atomic E-state index is 0.442. The molecule has 0 spiro atoms. The van der Waals surface area contributed by atoms with Gasteiger partial charge in [-0.3, -0.25) is 4.79 Å². The third kappa shape index (κ3) is 4.16. The summed E-state index contributed by atoms with van der Waals surface area (Å²) < 4.78 is 0. The van der Waals surface area contributed by atoms with E-state index >= 15 is 0 Å². The fourth-order valence-electron chi connectivity index (χ4n) is 1.53. The molecule has 0 atom stereocenters. The van der Waals surface area contributed by atoms with Gasteiger partial charge >= 0.3 is 5.97 Å². The van der Waals surface area contributed by atoms with Gasteiger partial charge < -0.3 is 5.11 Å². The van der Waals surface area contributed by atoms with Crippen LogP contribution in [0.2, 0.25) is 0 Å². The first kappa shape index (κ1) is 14.8. The molecule has 0 amide bonds. The molecule has 0 aromatic heterocycles. The minimum atomic E-state index is -0.885. The van der Waals surface area contributed by atoms with Gasteiger partial charge in [0.2, 0.25) is 0 Å². The van der Waals surface area contributed by atoms with Crippen molar-refractivity contribution in [2.75, 3.05) is 6.54 Å². The lowest BCUT2D eigenvalue weighted by Gasteiger charge is -2.19. The van der Waals surface area contributed by atoms with Crippen molar-refractivity contribution in [3.63, 3.8) is 0 Å². The van der Waals surface area contributed by atoms with Crippen LogP contribution in [0.25, 0.3) is 16.5 Å². The molecule has 19 heavy (non-hydrogen) atoms. The molecule has 0 aliphatic rings. The first-order valence-electron chi connectivity index (χ1n) is 6.00. The summed E-state index contributed by atoms with van der Waals surface area (Å²) in [6.45, 7) is 3.80. The number of rotatable bonds is 6. The number of nitrogens with zero attached hydrogens (tertiary/aromatic N) is 3. The topological polar surface area (TPSA) is 86.1 Å². The maximum Gasteiger partial charge on any atom is 0.313 e. The Morgan fingerprint density at radius 2 is 2.05 bits per heavy atom. The van der Waals surface area contributed by atoms with Gasteiger partial charge in [0.1, 0.15) is 0 Å². The van der Waals surface area contributed by atoms with Gasteiger partial charge in [0.05, 0.1) is 5.41 Å².